The van der Waals surface area contributed by atoms with E-state index in [1.807, 2.05) is 24.4 Å². The molecule has 2 rings (SSSR count). The van der Waals surface area contributed by atoms with E-state index in [2.05, 4.69) is 5.32 Å². The van der Waals surface area contributed by atoms with Gasteiger partial charge in [-0.15, -0.1) is 11.3 Å². The summed E-state index contributed by atoms with van der Waals surface area (Å²) < 4.78 is 5.21. The molecule has 0 saturated carbocycles. The zero-order chi connectivity index (χ0) is 14.5. The molecular weight excluding hydrogens is 280 g/mol. The number of hydrogen-bond acceptors (Lipinski definition) is 4. The molecule has 0 bridgehead atoms. The number of nitrogens with zero attached hydrogens (tertiary/aromatic N) is 1. The summed E-state index contributed by atoms with van der Waals surface area (Å²) in [6.07, 6.45) is 0. The maximum Gasteiger partial charge on any atom is 0.318 e. The molecule has 2 N–H and O–H groups in total. The molecule has 1 aliphatic heterocycles. The molecule has 6 nitrogen and oxygen atoms in total. The molecule has 0 aromatic carbocycles. The van der Waals surface area contributed by atoms with Gasteiger partial charge in [0.25, 0.3) is 0 Å². The van der Waals surface area contributed by atoms with E-state index >= 15 is 0 Å². The number of carbonyl (C=O) groups excluding carboxylic acids is 1. The maximum absolute atomic E-state index is 12.2. The fraction of sp³-hybridized carbons (Fsp3) is 0.538. The number of carboxylic acids is 1. The average molecular weight is 298 g/mol. The molecule has 20 heavy (non-hydrogen) atoms. The number of thiophene rings is 1. The van der Waals surface area contributed by atoms with Gasteiger partial charge in [0.15, 0.2) is 0 Å². The average Bonchev–Trinajstić information content (AvgIpc) is 3.08. The molecule has 0 radical (unpaired) electrons. The van der Waals surface area contributed by atoms with Crippen LogP contribution in [0.25, 0.3) is 0 Å². The zero-order valence-electron chi connectivity index (χ0n) is 11.2. The van der Waals surface area contributed by atoms with Crippen molar-refractivity contribution >= 4 is 23.3 Å². The molecule has 1 aromatic heterocycles. The lowest BCUT2D eigenvalue weighted by Crippen LogP contribution is -2.50. The van der Waals surface area contributed by atoms with Gasteiger partial charge in [-0.3, -0.25) is 4.79 Å². The highest BCUT2D eigenvalue weighted by Gasteiger charge is 2.39. The van der Waals surface area contributed by atoms with Crippen molar-refractivity contribution in [3.05, 3.63) is 22.4 Å². The van der Waals surface area contributed by atoms with E-state index in [1.54, 1.807) is 16.2 Å². The van der Waals surface area contributed by atoms with Gasteiger partial charge in [-0.25, -0.2) is 4.79 Å². The lowest BCUT2D eigenvalue weighted by molar-refractivity contribution is -0.142. The fourth-order valence-corrected chi connectivity index (χ4v) is 2.94. The quantitative estimate of drug-likeness (QED) is 0.861. The molecule has 2 atom stereocenters. The first-order chi connectivity index (χ1) is 9.63. The zero-order valence-corrected chi connectivity index (χ0v) is 12.1. The number of hydrogen-bond donors (Lipinski definition) is 2. The minimum absolute atomic E-state index is 0.161. The van der Waals surface area contributed by atoms with Crippen molar-refractivity contribution in [3.8, 4) is 0 Å². The van der Waals surface area contributed by atoms with Gasteiger partial charge in [0.2, 0.25) is 0 Å². The molecule has 2 unspecified atom stereocenters. The standard InChI is InChI=1S/C13H18N2O4S/c1-2-15(11-8-19-7-10(11)12(16)17)13(18)14-6-9-4-3-5-20-9/h3-5,10-11H,2,6-8H2,1H3,(H,14,18)(H,16,17). The number of nitrogens with one attached hydrogen (secondary N) is 1. The second-order valence-electron chi connectivity index (χ2n) is 4.57. The van der Waals surface area contributed by atoms with Crippen molar-refractivity contribution in [3.63, 3.8) is 0 Å². The Kier molecular flexibility index (Phi) is 4.97. The number of rotatable bonds is 5. The number of carboxylic acid groups (broad SMARTS) is 1. The van der Waals surface area contributed by atoms with Crippen LogP contribution in [-0.4, -0.2) is 47.8 Å². The normalized spacial score (nSPS) is 21.6. The van der Waals surface area contributed by atoms with E-state index in [-0.39, 0.29) is 19.2 Å². The van der Waals surface area contributed by atoms with Gasteiger partial charge in [0.05, 0.1) is 25.8 Å². The van der Waals surface area contributed by atoms with E-state index in [0.29, 0.717) is 13.1 Å². The van der Waals surface area contributed by atoms with Gasteiger partial charge >= 0.3 is 12.0 Å². The summed E-state index contributed by atoms with van der Waals surface area (Å²) in [5.74, 6) is -1.57. The van der Waals surface area contributed by atoms with E-state index in [4.69, 9.17) is 9.84 Å². The predicted octanol–water partition coefficient (Wildman–Crippen LogP) is 1.38. The molecule has 1 saturated heterocycles. The van der Waals surface area contributed by atoms with Gasteiger partial charge in [-0.1, -0.05) is 6.07 Å². The Morgan fingerprint density at radius 1 is 1.55 bits per heavy atom. The first-order valence-electron chi connectivity index (χ1n) is 6.51. The molecule has 2 heterocycles. The smallest absolute Gasteiger partial charge is 0.318 e. The van der Waals surface area contributed by atoms with Gasteiger partial charge in [-0.05, 0) is 18.4 Å². The molecule has 1 aromatic rings. The summed E-state index contributed by atoms with van der Waals surface area (Å²) in [6.45, 7) is 3.18. The van der Waals surface area contributed by atoms with Crippen LogP contribution >= 0.6 is 11.3 Å². The molecule has 7 heteroatoms. The summed E-state index contributed by atoms with van der Waals surface area (Å²) in [5, 5.41) is 13.9. The Morgan fingerprint density at radius 2 is 2.35 bits per heavy atom. The fourth-order valence-electron chi connectivity index (χ4n) is 2.29. The first-order valence-corrected chi connectivity index (χ1v) is 7.38. The van der Waals surface area contributed by atoms with Crippen LogP contribution in [0.15, 0.2) is 17.5 Å². The lowest BCUT2D eigenvalue weighted by atomic mass is 10.0. The molecule has 1 aliphatic rings. The van der Waals surface area contributed by atoms with Crippen molar-refractivity contribution < 1.29 is 19.4 Å². The van der Waals surface area contributed by atoms with Crippen molar-refractivity contribution in [1.82, 2.24) is 10.2 Å². The van der Waals surface area contributed by atoms with E-state index < -0.39 is 17.9 Å². The molecule has 1 fully saturated rings. The number of amides is 2. The summed E-state index contributed by atoms with van der Waals surface area (Å²) in [6, 6.07) is 3.22. The van der Waals surface area contributed by atoms with Crippen LogP contribution in [0.5, 0.6) is 0 Å². The number of carbonyl (C=O) groups is 2. The molecular formula is C13H18N2O4S. The Hall–Kier alpha value is -1.60. The summed E-state index contributed by atoms with van der Waals surface area (Å²) in [5.41, 5.74) is 0. The highest BCUT2D eigenvalue weighted by Crippen LogP contribution is 2.20. The van der Waals surface area contributed by atoms with Crippen LogP contribution in [0.3, 0.4) is 0 Å². The highest BCUT2D eigenvalue weighted by molar-refractivity contribution is 7.09. The first kappa shape index (κ1) is 14.8. The van der Waals surface area contributed by atoms with Crippen LogP contribution in [0, 0.1) is 5.92 Å². The maximum atomic E-state index is 12.2. The van der Waals surface area contributed by atoms with Crippen molar-refractivity contribution in [1.29, 1.82) is 0 Å². The summed E-state index contributed by atoms with van der Waals surface area (Å²) >= 11 is 1.57. The highest BCUT2D eigenvalue weighted by atomic mass is 32.1. The van der Waals surface area contributed by atoms with Crippen molar-refractivity contribution in [2.75, 3.05) is 19.8 Å². The van der Waals surface area contributed by atoms with Crippen LogP contribution < -0.4 is 5.32 Å². The second kappa shape index (κ2) is 6.71. The van der Waals surface area contributed by atoms with Gasteiger partial charge in [0, 0.05) is 11.4 Å². The van der Waals surface area contributed by atoms with Gasteiger partial charge in [-0.2, -0.15) is 0 Å². The monoisotopic (exact) mass is 298 g/mol. The topological polar surface area (TPSA) is 78.9 Å². The largest absolute Gasteiger partial charge is 0.481 e. The predicted molar refractivity (Wildman–Crippen MR) is 74.7 cm³/mol. The molecule has 0 spiro atoms. The number of likely N-dealkylation sites (N-methyl/N-ethyl adjacent to an activating group) is 1. The number of aliphatic carboxylic acids is 1. The third kappa shape index (κ3) is 3.29. The Morgan fingerprint density at radius 3 is 2.95 bits per heavy atom. The third-order valence-electron chi connectivity index (χ3n) is 3.36. The Balaban J connectivity index is 1.96. The molecule has 110 valence electrons. The van der Waals surface area contributed by atoms with E-state index in [0.717, 1.165) is 4.88 Å². The van der Waals surface area contributed by atoms with E-state index in [9.17, 15) is 9.59 Å². The second-order valence-corrected chi connectivity index (χ2v) is 5.61. The number of ether oxygens (including phenoxy) is 1. The molecule has 2 amide bonds. The summed E-state index contributed by atoms with van der Waals surface area (Å²) in [4.78, 5) is 26.0. The Bertz CT molecular complexity index is 463. The van der Waals surface area contributed by atoms with Crippen LogP contribution in [0.1, 0.15) is 11.8 Å². The van der Waals surface area contributed by atoms with Crippen LogP contribution in [0.2, 0.25) is 0 Å². The van der Waals surface area contributed by atoms with Gasteiger partial charge in [0.1, 0.15) is 5.92 Å². The third-order valence-corrected chi connectivity index (χ3v) is 4.24. The molecule has 0 aliphatic carbocycles. The minimum atomic E-state index is -0.919. The van der Waals surface area contributed by atoms with E-state index in [1.165, 1.54) is 0 Å². The Labute approximate surface area is 121 Å². The SMILES string of the molecule is CCN(C(=O)NCc1cccs1)C1COCC1C(=O)O. The van der Waals surface area contributed by atoms with Crippen LogP contribution in [0.4, 0.5) is 4.79 Å². The van der Waals surface area contributed by atoms with Crippen molar-refractivity contribution in [2.45, 2.75) is 19.5 Å². The lowest BCUT2D eigenvalue weighted by Gasteiger charge is -2.29. The van der Waals surface area contributed by atoms with Gasteiger partial charge < -0.3 is 20.1 Å². The number of urea groups is 1. The van der Waals surface area contributed by atoms with Crippen molar-refractivity contribution in [2.24, 2.45) is 5.92 Å². The summed E-state index contributed by atoms with van der Waals surface area (Å²) in [7, 11) is 0. The van der Waals surface area contributed by atoms with Crippen LogP contribution in [-0.2, 0) is 16.1 Å². The minimum Gasteiger partial charge on any atom is -0.481 e.